The van der Waals surface area contributed by atoms with Crippen LogP contribution in [0.2, 0.25) is 115 Å². The van der Waals surface area contributed by atoms with Crippen LogP contribution in [0.25, 0.3) is 0 Å². The van der Waals surface area contributed by atoms with Gasteiger partial charge in [-0.05, 0) is 180 Å². The molecule has 890 valence electrons. The van der Waals surface area contributed by atoms with E-state index in [1.54, 1.807) is 132 Å². The molecule has 0 saturated carbocycles. The molecule has 52 nitrogen and oxygen atoms in total. The molecule has 0 saturated heterocycles. The summed E-state index contributed by atoms with van der Waals surface area (Å²) in [4.78, 5) is 65.8. The highest BCUT2D eigenvalue weighted by molar-refractivity contribution is 6.77. The molecule has 0 rings (SSSR count). The van der Waals surface area contributed by atoms with Crippen molar-refractivity contribution in [2.45, 2.75) is 230 Å². The fourth-order valence-electron chi connectivity index (χ4n) is 8.35. The second-order valence-corrected chi connectivity index (χ2v) is 74.3. The molecule has 0 aliphatic carbocycles. The lowest BCUT2D eigenvalue weighted by Gasteiger charge is -2.35. The molecule has 0 bridgehead atoms. The number of hydrogen-bond acceptors (Lipinski definition) is 51. The van der Waals surface area contributed by atoms with Crippen molar-refractivity contribution in [2.75, 3.05) is 275 Å². The smallest absolute Gasteiger partial charge is 0.412 e. The minimum atomic E-state index is -2.85. The van der Waals surface area contributed by atoms with Gasteiger partial charge in [-0.15, -0.1) is 0 Å². The Labute approximate surface area is 882 Å². The second kappa shape index (κ2) is 112. The van der Waals surface area contributed by atoms with Crippen molar-refractivity contribution in [3.63, 3.8) is 0 Å². The molecular formula is C75H220N6O46Si16. The van der Waals surface area contributed by atoms with Gasteiger partial charge >= 0.3 is 140 Å². The molecule has 143 heavy (non-hydrogen) atoms. The summed E-state index contributed by atoms with van der Waals surface area (Å²) in [5.74, 6) is 0. The van der Waals surface area contributed by atoms with Crippen LogP contribution in [0.4, 0.5) is 0 Å². The first-order valence-electron chi connectivity index (χ1n) is 46.5. The van der Waals surface area contributed by atoms with E-state index < -0.39 is 140 Å². The van der Waals surface area contributed by atoms with Gasteiger partial charge in [-0.25, -0.2) is 0 Å². The third-order valence-electron chi connectivity index (χ3n) is 17.5. The highest BCUT2D eigenvalue weighted by atomic mass is 28.5. The van der Waals surface area contributed by atoms with E-state index in [1.807, 2.05) is 115 Å². The SMILES string of the molecule is CCO.CCO[Si](CCCN)(OCC)O[Si](C)(OC)OC.CCO[Si](CCCN)(OCC)O[Si](C)(OC)OC.CCO[Si](O)(CCCN)OCC.CCO[Si](O)(CCCN)OCC.CCO[Si](O)(CCCN)OCC.CO.CO.CO[Si](C)(C)O[Si](C)(OC)OC.CO[Si](C)(O)OC.CO[Si](C)(O)OC.CO[Si](C)(O)OC.CO[Si](C)(OC)OC.CO[Si](C)(OC)OC.CO[Si](C)(OC)O[Si](C)(O)CCCN.O. The lowest BCUT2D eigenvalue weighted by atomic mass is 10.5. The number of hydrogen-bond donors (Lipinski definition) is 16. The summed E-state index contributed by atoms with van der Waals surface area (Å²) in [7, 11) is -7.22. The zero-order valence-corrected chi connectivity index (χ0v) is 113. The maximum Gasteiger partial charge on any atom is 0.498 e. The predicted molar refractivity (Wildman–Crippen MR) is 589 cm³/mol. The molecule has 24 N–H and O–H groups in total. The quantitative estimate of drug-likeness (QED) is 0.0384. The van der Waals surface area contributed by atoms with Crippen LogP contribution in [0.5, 0.6) is 0 Å². The van der Waals surface area contributed by atoms with Gasteiger partial charge in [-0.2, -0.15) is 0 Å². The molecule has 0 aromatic carbocycles. The molecule has 0 aromatic rings. The minimum Gasteiger partial charge on any atom is -0.412 e. The Hall–Kier alpha value is 1.39. The summed E-state index contributed by atoms with van der Waals surface area (Å²) in [5.41, 5.74) is 32.5. The first-order valence-corrected chi connectivity index (χ1v) is 81.8. The average Bonchev–Trinajstić information content (AvgIpc) is 0.828. The van der Waals surface area contributed by atoms with Gasteiger partial charge in [0, 0.05) is 325 Å². The van der Waals surface area contributed by atoms with Gasteiger partial charge in [0.05, 0.1) is 0 Å². The van der Waals surface area contributed by atoms with E-state index in [9.17, 15) is 19.2 Å². The predicted octanol–water partition coefficient (Wildman–Crippen LogP) is 3.86. The number of aliphatic hydroxyl groups is 3. The summed E-state index contributed by atoms with van der Waals surface area (Å²) < 4.78 is 182. The standard InChI is InChI=1S/2C10H27NO5Si2.C7H21NO4Si2.3C7H19NO3Si.C6H18O4Si2.2C4H12O3Si.3C3H10O3Si.C2H6O.2CH4O.H2O/c2*1-6-14-18(15-7-2,10-8-9-11)16-17(5,12-3)13-4;1-10-14(4,11-2)12-13(3,9)7-5-6-8;3*1-3-10-12(9,11-4-2)7-5-6-8;1-7-11(4,5)10-12(6,8-2)9-3;2*1-5-8(4,6-2)7-3;3*1-5-7(3,4)6-2;1-2-3;2*1-2;/h2*6-11H2,1-5H3;9H,5-8H2,1-4H3;3*9H,3-8H2,1-2H3;1-6H3;2*1-4H3;3*4H,1-3H3;3H,2H2,1H3;2*2H,1H3;1H2. The number of aliphatic hydroxyl groups excluding tert-OH is 3. The zero-order chi connectivity index (χ0) is 115. The van der Waals surface area contributed by atoms with Crippen molar-refractivity contribution in [3.05, 3.63) is 0 Å². The first kappa shape index (κ1) is 180. The molecule has 68 heteroatoms. The summed E-state index contributed by atoms with van der Waals surface area (Å²) in [6.45, 7) is 50.4. The van der Waals surface area contributed by atoms with E-state index in [2.05, 4.69) is 26.6 Å². The van der Waals surface area contributed by atoms with Gasteiger partial charge in [-0.3, -0.25) is 0 Å². The van der Waals surface area contributed by atoms with Gasteiger partial charge in [-0.1, -0.05) is 0 Å². The zero-order valence-electron chi connectivity index (χ0n) is 97.2. The molecular weight excluding hydrogens is 2170 g/mol. The molecule has 1 atom stereocenters. The maximum absolute atomic E-state index is 9.98. The molecule has 0 spiro atoms. The van der Waals surface area contributed by atoms with Crippen LogP contribution in [0, 0.1) is 0 Å². The van der Waals surface area contributed by atoms with Crippen molar-refractivity contribution in [1.82, 2.24) is 0 Å². The van der Waals surface area contributed by atoms with Gasteiger partial charge in [0.1, 0.15) is 0 Å². The lowest BCUT2D eigenvalue weighted by molar-refractivity contribution is 0.0671. The van der Waals surface area contributed by atoms with Crippen molar-refractivity contribution >= 4 is 140 Å². The van der Waals surface area contributed by atoms with Crippen molar-refractivity contribution < 1.29 is 208 Å². The lowest BCUT2D eigenvalue weighted by Crippen LogP contribution is -2.56. The highest BCUT2D eigenvalue weighted by Crippen LogP contribution is 2.27. The summed E-state index contributed by atoms with van der Waals surface area (Å²) in [6, 6.07) is 3.65. The molecule has 1 unspecified atom stereocenters. The maximum atomic E-state index is 9.98. The Morgan fingerprint density at radius 3 is 0.469 bits per heavy atom. The van der Waals surface area contributed by atoms with E-state index in [0.717, 1.165) is 52.7 Å². The topological polar surface area (TPSA) is 713 Å². The fraction of sp³-hybridized carbons (Fsp3) is 1.00. The molecule has 0 radical (unpaired) electrons. The van der Waals surface area contributed by atoms with Crippen LogP contribution in [0.3, 0.4) is 0 Å². The molecule has 0 aliphatic rings. The Balaban J connectivity index is -0.0000000883. The van der Waals surface area contributed by atoms with Crippen molar-refractivity contribution in [1.29, 1.82) is 0 Å². The Bertz CT molecular complexity index is 2270. The Morgan fingerprint density at radius 2 is 0.343 bits per heavy atom. The first-order chi connectivity index (χ1) is 66.0. The van der Waals surface area contributed by atoms with Crippen LogP contribution >= 0.6 is 0 Å². The van der Waals surface area contributed by atoms with Gasteiger partial charge in [0.2, 0.25) is 0 Å². The van der Waals surface area contributed by atoms with Crippen LogP contribution in [0.15, 0.2) is 0 Å². The molecule has 0 aromatic heterocycles. The van der Waals surface area contributed by atoms with Crippen molar-refractivity contribution in [2.24, 2.45) is 34.4 Å². The Morgan fingerprint density at radius 1 is 0.196 bits per heavy atom. The van der Waals surface area contributed by atoms with Crippen LogP contribution in [-0.2, 0) is 154 Å². The van der Waals surface area contributed by atoms with Crippen LogP contribution in [-0.4, -0.2) is 470 Å². The number of rotatable bonds is 67. The fourth-order valence-corrected chi connectivity index (χ4v) is 37.4. The minimum absolute atomic E-state index is 0. The van der Waals surface area contributed by atoms with E-state index >= 15 is 0 Å². The molecule has 0 fully saturated rings. The molecule has 0 amide bonds. The second-order valence-electron chi connectivity index (χ2n) is 28.6. The summed E-state index contributed by atoms with van der Waals surface area (Å²) in [6.07, 6.45) is 4.61. The summed E-state index contributed by atoms with van der Waals surface area (Å²) >= 11 is 0. The van der Waals surface area contributed by atoms with Crippen molar-refractivity contribution in [3.8, 4) is 0 Å². The van der Waals surface area contributed by atoms with E-state index in [-0.39, 0.29) is 12.1 Å². The van der Waals surface area contributed by atoms with Gasteiger partial charge in [0.15, 0.2) is 0 Å². The van der Waals surface area contributed by atoms with Gasteiger partial charge in [0.25, 0.3) is 0 Å². The summed E-state index contributed by atoms with van der Waals surface area (Å²) in [5, 5.41) is 21.6. The van der Waals surface area contributed by atoms with E-state index in [0.29, 0.717) is 142 Å². The highest BCUT2D eigenvalue weighted by Gasteiger charge is 2.52. The average molecular weight is 2390 g/mol. The molecule has 0 aliphatic heterocycles. The van der Waals surface area contributed by atoms with Crippen LogP contribution < -0.4 is 34.4 Å². The van der Waals surface area contributed by atoms with Crippen LogP contribution in [0.1, 0.15) is 115 Å². The van der Waals surface area contributed by atoms with Gasteiger partial charge < -0.3 is 242 Å². The largest absolute Gasteiger partial charge is 0.498 e. The normalized spacial score (nSPS) is 12.4. The Kier molecular flexibility index (Phi) is 141. The molecule has 0 heterocycles. The third kappa shape index (κ3) is 114. The third-order valence-corrected chi connectivity index (χ3v) is 59.0. The number of nitrogens with two attached hydrogens (primary N) is 6. The monoisotopic (exact) mass is 2390 g/mol. The van der Waals surface area contributed by atoms with E-state index in [4.69, 9.17) is 191 Å². The van der Waals surface area contributed by atoms with E-state index in [1.165, 1.54) is 56.9 Å².